The molecule has 80 valence electrons. The molecule has 1 N–H and O–H groups in total. The van der Waals surface area contributed by atoms with E-state index in [1.54, 1.807) is 22.7 Å². The Bertz CT molecular complexity index is 409. The van der Waals surface area contributed by atoms with Crippen LogP contribution in [0.2, 0.25) is 8.67 Å². The maximum atomic E-state index is 5.92. The summed E-state index contributed by atoms with van der Waals surface area (Å²) in [6.45, 7) is 0. The van der Waals surface area contributed by atoms with Crippen LogP contribution in [0.1, 0.15) is 15.8 Å². The van der Waals surface area contributed by atoms with Crippen molar-refractivity contribution in [1.29, 1.82) is 0 Å². The largest absolute Gasteiger partial charge is 0.308 e. The molecule has 0 saturated carbocycles. The Morgan fingerprint density at radius 2 is 1.47 bits per heavy atom. The molecule has 0 bridgehead atoms. The summed E-state index contributed by atoms with van der Waals surface area (Å²) >= 11 is 15.0. The molecule has 5 heteroatoms. The van der Waals surface area contributed by atoms with Crippen molar-refractivity contribution < 1.29 is 0 Å². The minimum Gasteiger partial charge on any atom is -0.308 e. The number of hydrogen-bond acceptors (Lipinski definition) is 3. The Labute approximate surface area is 107 Å². The van der Waals surface area contributed by atoms with Crippen molar-refractivity contribution in [2.24, 2.45) is 0 Å². The SMILES string of the molecule is CNC(c1ccc(Cl)s1)c1ccc(Cl)s1. The van der Waals surface area contributed by atoms with Crippen LogP contribution >= 0.6 is 45.9 Å². The molecule has 0 aromatic carbocycles. The number of nitrogens with one attached hydrogen (secondary N) is 1. The van der Waals surface area contributed by atoms with Crippen LogP contribution in [-0.2, 0) is 0 Å². The molecule has 0 unspecified atom stereocenters. The highest BCUT2D eigenvalue weighted by atomic mass is 35.5. The molecule has 1 nitrogen and oxygen atoms in total. The third-order valence-electron chi connectivity index (χ3n) is 2.05. The zero-order chi connectivity index (χ0) is 10.8. The molecule has 0 amide bonds. The average molecular weight is 278 g/mol. The minimum absolute atomic E-state index is 0.194. The maximum absolute atomic E-state index is 5.92. The van der Waals surface area contributed by atoms with Crippen molar-refractivity contribution >= 4 is 45.9 Å². The van der Waals surface area contributed by atoms with Gasteiger partial charge in [0, 0.05) is 9.75 Å². The average Bonchev–Trinajstić information content (AvgIpc) is 2.78. The van der Waals surface area contributed by atoms with E-state index in [1.807, 2.05) is 31.3 Å². The van der Waals surface area contributed by atoms with E-state index in [1.165, 1.54) is 9.75 Å². The van der Waals surface area contributed by atoms with Gasteiger partial charge in [0.05, 0.1) is 14.7 Å². The smallest absolute Gasteiger partial charge is 0.0931 e. The van der Waals surface area contributed by atoms with Crippen LogP contribution in [0.3, 0.4) is 0 Å². The molecule has 0 spiro atoms. The first kappa shape index (κ1) is 11.4. The van der Waals surface area contributed by atoms with E-state index in [0.29, 0.717) is 0 Å². The van der Waals surface area contributed by atoms with Crippen molar-refractivity contribution in [3.05, 3.63) is 42.7 Å². The first-order chi connectivity index (χ1) is 7.20. The van der Waals surface area contributed by atoms with Crippen LogP contribution in [0.5, 0.6) is 0 Å². The lowest BCUT2D eigenvalue weighted by Gasteiger charge is -2.11. The molecule has 2 aromatic heterocycles. The van der Waals surface area contributed by atoms with Crippen LogP contribution in [-0.4, -0.2) is 7.05 Å². The van der Waals surface area contributed by atoms with Gasteiger partial charge in [0.2, 0.25) is 0 Å². The predicted octanol–water partition coefficient (Wildman–Crippen LogP) is 4.43. The van der Waals surface area contributed by atoms with E-state index in [-0.39, 0.29) is 6.04 Å². The molecular formula is C10H9Cl2NS2. The summed E-state index contributed by atoms with van der Waals surface area (Å²) < 4.78 is 1.63. The van der Waals surface area contributed by atoms with Crippen LogP contribution in [0.15, 0.2) is 24.3 Å². The van der Waals surface area contributed by atoms with E-state index in [2.05, 4.69) is 5.32 Å². The van der Waals surface area contributed by atoms with Crippen molar-refractivity contribution in [3.8, 4) is 0 Å². The summed E-state index contributed by atoms with van der Waals surface area (Å²) in [5.41, 5.74) is 0. The van der Waals surface area contributed by atoms with Crippen molar-refractivity contribution in [1.82, 2.24) is 5.32 Å². The lowest BCUT2D eigenvalue weighted by atomic mass is 10.2. The van der Waals surface area contributed by atoms with Gasteiger partial charge in [0.25, 0.3) is 0 Å². The Balaban J connectivity index is 2.32. The van der Waals surface area contributed by atoms with Crippen LogP contribution in [0.4, 0.5) is 0 Å². The second-order valence-corrected chi connectivity index (χ2v) is 6.50. The molecular weight excluding hydrogens is 269 g/mol. The predicted molar refractivity (Wildman–Crippen MR) is 69.6 cm³/mol. The summed E-state index contributed by atoms with van der Waals surface area (Å²) in [4.78, 5) is 2.42. The molecule has 15 heavy (non-hydrogen) atoms. The highest BCUT2D eigenvalue weighted by Crippen LogP contribution is 2.35. The number of hydrogen-bond donors (Lipinski definition) is 1. The fraction of sp³-hybridized carbons (Fsp3) is 0.200. The van der Waals surface area contributed by atoms with E-state index in [9.17, 15) is 0 Å². The van der Waals surface area contributed by atoms with Gasteiger partial charge in [0.1, 0.15) is 0 Å². The first-order valence-corrected chi connectivity index (χ1v) is 6.77. The molecule has 0 aliphatic rings. The third kappa shape index (κ3) is 2.55. The number of rotatable bonds is 3. The van der Waals surface area contributed by atoms with Gasteiger partial charge >= 0.3 is 0 Å². The standard InChI is InChI=1S/C10H9Cl2NS2/c1-13-10(6-2-4-8(11)14-6)7-3-5-9(12)15-7/h2-5,10,13H,1H3. The summed E-state index contributed by atoms with van der Waals surface area (Å²) in [7, 11) is 1.94. The van der Waals surface area contributed by atoms with Gasteiger partial charge in [-0.05, 0) is 31.3 Å². The summed E-state index contributed by atoms with van der Waals surface area (Å²) in [6, 6.07) is 8.12. The van der Waals surface area contributed by atoms with E-state index >= 15 is 0 Å². The van der Waals surface area contributed by atoms with Gasteiger partial charge in [-0.1, -0.05) is 23.2 Å². The molecule has 2 rings (SSSR count). The second kappa shape index (κ2) is 4.85. The van der Waals surface area contributed by atoms with Crippen LogP contribution < -0.4 is 5.32 Å². The van der Waals surface area contributed by atoms with Crippen molar-refractivity contribution in [2.45, 2.75) is 6.04 Å². The fourth-order valence-corrected chi connectivity index (χ4v) is 3.85. The van der Waals surface area contributed by atoms with Crippen LogP contribution in [0, 0.1) is 0 Å². The highest BCUT2D eigenvalue weighted by molar-refractivity contribution is 7.17. The summed E-state index contributed by atoms with van der Waals surface area (Å²) in [5, 5.41) is 3.26. The molecule has 0 atom stereocenters. The quantitative estimate of drug-likeness (QED) is 0.876. The number of halogens is 2. The Kier molecular flexibility index (Phi) is 3.69. The summed E-state index contributed by atoms with van der Waals surface area (Å²) in [6.07, 6.45) is 0. The van der Waals surface area contributed by atoms with Gasteiger partial charge in [0.15, 0.2) is 0 Å². The minimum atomic E-state index is 0.194. The van der Waals surface area contributed by atoms with Gasteiger partial charge in [-0.2, -0.15) is 0 Å². The van der Waals surface area contributed by atoms with Gasteiger partial charge < -0.3 is 5.32 Å². The molecule has 0 fully saturated rings. The Morgan fingerprint density at radius 3 is 1.73 bits per heavy atom. The van der Waals surface area contributed by atoms with Crippen molar-refractivity contribution in [3.63, 3.8) is 0 Å². The highest BCUT2D eigenvalue weighted by Gasteiger charge is 2.15. The second-order valence-electron chi connectivity index (χ2n) is 3.01. The molecule has 2 heterocycles. The Hall–Kier alpha value is -0.0600. The van der Waals surface area contributed by atoms with E-state index in [0.717, 1.165) is 8.67 Å². The lowest BCUT2D eigenvalue weighted by molar-refractivity contribution is 0.716. The normalized spacial score (nSPS) is 11.2. The third-order valence-corrected chi connectivity index (χ3v) is 4.64. The zero-order valence-electron chi connectivity index (χ0n) is 7.96. The molecule has 0 aliphatic heterocycles. The molecule has 0 radical (unpaired) electrons. The topological polar surface area (TPSA) is 12.0 Å². The maximum Gasteiger partial charge on any atom is 0.0931 e. The van der Waals surface area contributed by atoms with Crippen LogP contribution in [0.25, 0.3) is 0 Å². The monoisotopic (exact) mass is 277 g/mol. The first-order valence-electron chi connectivity index (χ1n) is 4.38. The van der Waals surface area contributed by atoms with Gasteiger partial charge in [-0.3, -0.25) is 0 Å². The molecule has 2 aromatic rings. The lowest BCUT2D eigenvalue weighted by Crippen LogP contribution is -2.14. The molecule has 0 aliphatic carbocycles. The van der Waals surface area contributed by atoms with E-state index < -0.39 is 0 Å². The molecule has 0 saturated heterocycles. The fourth-order valence-electron chi connectivity index (χ4n) is 1.39. The Morgan fingerprint density at radius 1 is 1.00 bits per heavy atom. The van der Waals surface area contributed by atoms with Gasteiger partial charge in [-0.15, -0.1) is 22.7 Å². The van der Waals surface area contributed by atoms with Gasteiger partial charge in [-0.25, -0.2) is 0 Å². The number of thiophene rings is 2. The van der Waals surface area contributed by atoms with E-state index in [4.69, 9.17) is 23.2 Å². The zero-order valence-corrected chi connectivity index (χ0v) is 11.1. The van der Waals surface area contributed by atoms with Crippen molar-refractivity contribution in [2.75, 3.05) is 7.05 Å². The summed E-state index contributed by atoms with van der Waals surface area (Å²) in [5.74, 6) is 0.